The van der Waals surface area contributed by atoms with Crippen LogP contribution in [-0.4, -0.2) is 11.7 Å². The van der Waals surface area contributed by atoms with E-state index in [9.17, 15) is 5.26 Å². The highest BCUT2D eigenvalue weighted by Crippen LogP contribution is 2.36. The molecule has 3 aromatic rings. The summed E-state index contributed by atoms with van der Waals surface area (Å²) in [6.07, 6.45) is 2.15. The van der Waals surface area contributed by atoms with Crippen LogP contribution in [0, 0.1) is 16.7 Å². The van der Waals surface area contributed by atoms with E-state index >= 15 is 0 Å². The fraction of sp³-hybridized carbons (Fsp3) is 0.318. The fourth-order valence-corrected chi connectivity index (χ4v) is 3.42. The molecule has 0 aliphatic heterocycles. The van der Waals surface area contributed by atoms with Crippen molar-refractivity contribution in [3.05, 3.63) is 53.7 Å². The topological polar surface area (TPSA) is 64.0 Å². The van der Waals surface area contributed by atoms with E-state index in [-0.39, 0.29) is 5.41 Å². The predicted molar refractivity (Wildman–Crippen MR) is 106 cm³/mol. The molecule has 0 saturated carbocycles. The largest absolute Gasteiger partial charge is 0.496 e. The lowest BCUT2D eigenvalue weighted by Gasteiger charge is -2.20. The molecule has 0 aliphatic carbocycles. The van der Waals surface area contributed by atoms with Crippen molar-refractivity contribution in [1.82, 2.24) is 4.57 Å². The molecule has 2 N–H and O–H groups in total. The van der Waals surface area contributed by atoms with Crippen LogP contribution in [0.3, 0.4) is 0 Å². The third kappa shape index (κ3) is 3.31. The highest BCUT2D eigenvalue weighted by Gasteiger charge is 2.17. The van der Waals surface area contributed by atoms with E-state index in [4.69, 9.17) is 10.5 Å². The average Bonchev–Trinajstić information content (AvgIpc) is 2.96. The average molecular weight is 347 g/mol. The minimum Gasteiger partial charge on any atom is -0.496 e. The Hall–Kier alpha value is -2.77. The Balaban J connectivity index is 2.25. The van der Waals surface area contributed by atoms with Gasteiger partial charge in [0.25, 0.3) is 0 Å². The first-order chi connectivity index (χ1) is 12.4. The molecule has 0 radical (unpaired) electrons. The van der Waals surface area contributed by atoms with Crippen LogP contribution >= 0.6 is 0 Å². The molecule has 0 spiro atoms. The van der Waals surface area contributed by atoms with E-state index in [0.29, 0.717) is 17.9 Å². The molecule has 1 heterocycles. The first kappa shape index (κ1) is 18.0. The lowest BCUT2D eigenvalue weighted by molar-refractivity contribution is 0.349. The standard InChI is InChI=1S/C22H25N3O/c1-22(2,3)14-25-13-17(12-24)18-9-8-15(10-19(18)25)21-16(11-23)6-5-7-20(21)26-4/h5-10,13H,12,14,24H2,1-4H3. The number of rotatable bonds is 4. The lowest BCUT2D eigenvalue weighted by Crippen LogP contribution is -2.14. The van der Waals surface area contributed by atoms with Gasteiger partial charge in [-0.15, -0.1) is 0 Å². The van der Waals surface area contributed by atoms with E-state index < -0.39 is 0 Å². The zero-order valence-electron chi connectivity index (χ0n) is 15.8. The molecule has 0 amide bonds. The summed E-state index contributed by atoms with van der Waals surface area (Å²) in [5.74, 6) is 0.705. The maximum Gasteiger partial charge on any atom is 0.128 e. The number of aromatic nitrogens is 1. The maximum absolute atomic E-state index is 9.54. The van der Waals surface area contributed by atoms with Crippen LogP contribution in [0.15, 0.2) is 42.6 Å². The van der Waals surface area contributed by atoms with Gasteiger partial charge in [-0.2, -0.15) is 5.26 Å². The van der Waals surface area contributed by atoms with Gasteiger partial charge in [-0.3, -0.25) is 0 Å². The summed E-state index contributed by atoms with van der Waals surface area (Å²) in [6.45, 7) is 8.06. The number of nitrogens with two attached hydrogens (primary N) is 1. The molecule has 0 unspecified atom stereocenters. The first-order valence-electron chi connectivity index (χ1n) is 8.77. The smallest absolute Gasteiger partial charge is 0.128 e. The van der Waals surface area contributed by atoms with Crippen LogP contribution in [0.5, 0.6) is 5.75 Å². The summed E-state index contributed by atoms with van der Waals surface area (Å²) in [5, 5.41) is 10.7. The van der Waals surface area contributed by atoms with Crippen molar-refractivity contribution >= 4 is 10.9 Å². The Bertz CT molecular complexity index is 987. The Morgan fingerprint density at radius 3 is 2.58 bits per heavy atom. The number of ether oxygens (including phenoxy) is 1. The second-order valence-electron chi connectivity index (χ2n) is 7.77. The lowest BCUT2D eigenvalue weighted by atomic mass is 9.96. The Kier molecular flexibility index (Phi) is 4.76. The molecule has 0 saturated heterocycles. The summed E-state index contributed by atoms with van der Waals surface area (Å²) < 4.78 is 7.78. The number of nitrogens with zero attached hydrogens (tertiary/aromatic N) is 2. The number of benzene rings is 2. The van der Waals surface area contributed by atoms with Gasteiger partial charge in [0, 0.05) is 35.8 Å². The van der Waals surface area contributed by atoms with Crippen LogP contribution in [0.4, 0.5) is 0 Å². The molecule has 2 aromatic carbocycles. The van der Waals surface area contributed by atoms with Gasteiger partial charge in [0.15, 0.2) is 0 Å². The Labute approximate surface area is 154 Å². The minimum absolute atomic E-state index is 0.149. The number of hydrogen-bond acceptors (Lipinski definition) is 3. The molecular weight excluding hydrogens is 322 g/mol. The van der Waals surface area contributed by atoms with Gasteiger partial charge in [0.2, 0.25) is 0 Å². The van der Waals surface area contributed by atoms with Gasteiger partial charge < -0.3 is 15.0 Å². The number of fused-ring (bicyclic) bond motifs is 1. The van der Waals surface area contributed by atoms with Gasteiger partial charge in [-0.05, 0) is 34.7 Å². The molecular formula is C22H25N3O. The number of methoxy groups -OCH3 is 1. The van der Waals surface area contributed by atoms with Gasteiger partial charge >= 0.3 is 0 Å². The van der Waals surface area contributed by atoms with Crippen molar-refractivity contribution in [2.75, 3.05) is 7.11 Å². The summed E-state index contributed by atoms with van der Waals surface area (Å²) in [5.41, 5.74) is 10.8. The maximum atomic E-state index is 9.54. The molecule has 0 atom stereocenters. The van der Waals surface area contributed by atoms with Gasteiger partial charge in [-0.1, -0.05) is 39.0 Å². The second-order valence-corrected chi connectivity index (χ2v) is 7.77. The second kappa shape index (κ2) is 6.86. The number of nitriles is 1. The van der Waals surface area contributed by atoms with E-state index in [0.717, 1.165) is 34.1 Å². The SMILES string of the molecule is COc1cccc(C#N)c1-c1ccc2c(CN)cn(CC(C)(C)C)c2c1. The molecule has 26 heavy (non-hydrogen) atoms. The highest BCUT2D eigenvalue weighted by atomic mass is 16.5. The van der Waals surface area contributed by atoms with Gasteiger partial charge in [-0.25, -0.2) is 0 Å². The molecule has 134 valence electrons. The summed E-state index contributed by atoms with van der Waals surface area (Å²) in [6, 6.07) is 14.1. The minimum atomic E-state index is 0.149. The van der Waals surface area contributed by atoms with E-state index in [1.165, 1.54) is 0 Å². The van der Waals surface area contributed by atoms with Crippen LogP contribution in [0.25, 0.3) is 22.0 Å². The molecule has 1 aromatic heterocycles. The predicted octanol–water partition coefficient (Wildman–Crippen LogP) is 4.69. The molecule has 4 nitrogen and oxygen atoms in total. The third-order valence-electron chi connectivity index (χ3n) is 4.48. The van der Waals surface area contributed by atoms with Gasteiger partial charge in [0.1, 0.15) is 5.75 Å². The summed E-state index contributed by atoms with van der Waals surface area (Å²) in [7, 11) is 1.63. The molecule has 0 bridgehead atoms. The zero-order chi connectivity index (χ0) is 18.9. The highest BCUT2D eigenvalue weighted by molar-refractivity contribution is 5.90. The normalized spacial score (nSPS) is 11.5. The quantitative estimate of drug-likeness (QED) is 0.744. The van der Waals surface area contributed by atoms with Crippen LogP contribution in [0.1, 0.15) is 31.9 Å². The third-order valence-corrected chi connectivity index (χ3v) is 4.48. The van der Waals surface area contributed by atoms with Crippen molar-refractivity contribution in [3.63, 3.8) is 0 Å². The molecule has 3 rings (SSSR count). The molecule has 4 heteroatoms. The summed E-state index contributed by atoms with van der Waals surface area (Å²) in [4.78, 5) is 0. The fourth-order valence-electron chi connectivity index (χ4n) is 3.42. The van der Waals surface area contributed by atoms with Crippen molar-refractivity contribution in [2.45, 2.75) is 33.9 Å². The van der Waals surface area contributed by atoms with Crippen molar-refractivity contribution in [3.8, 4) is 22.9 Å². The van der Waals surface area contributed by atoms with Crippen molar-refractivity contribution in [1.29, 1.82) is 5.26 Å². The Morgan fingerprint density at radius 2 is 1.96 bits per heavy atom. The van der Waals surface area contributed by atoms with E-state index in [1.807, 2.05) is 24.3 Å². The van der Waals surface area contributed by atoms with Crippen LogP contribution < -0.4 is 10.5 Å². The van der Waals surface area contributed by atoms with E-state index in [1.54, 1.807) is 7.11 Å². The first-order valence-corrected chi connectivity index (χ1v) is 8.77. The van der Waals surface area contributed by atoms with Crippen molar-refractivity contribution < 1.29 is 4.74 Å². The van der Waals surface area contributed by atoms with Crippen LogP contribution in [-0.2, 0) is 13.1 Å². The van der Waals surface area contributed by atoms with E-state index in [2.05, 4.69) is 49.7 Å². The zero-order valence-corrected chi connectivity index (χ0v) is 15.8. The monoisotopic (exact) mass is 347 g/mol. The summed E-state index contributed by atoms with van der Waals surface area (Å²) >= 11 is 0. The van der Waals surface area contributed by atoms with Crippen LogP contribution in [0.2, 0.25) is 0 Å². The molecule has 0 fully saturated rings. The van der Waals surface area contributed by atoms with Crippen molar-refractivity contribution in [2.24, 2.45) is 11.1 Å². The molecule has 0 aliphatic rings. The van der Waals surface area contributed by atoms with Gasteiger partial charge in [0.05, 0.1) is 18.7 Å². The Morgan fingerprint density at radius 1 is 1.19 bits per heavy atom. The number of hydrogen-bond donors (Lipinski definition) is 1.